The normalized spacial score (nSPS) is 15.7. The van der Waals surface area contributed by atoms with Gasteiger partial charge in [-0.15, -0.1) is 0 Å². The lowest BCUT2D eigenvalue weighted by molar-refractivity contribution is 0.177. The minimum absolute atomic E-state index is 0.694. The van der Waals surface area contributed by atoms with Crippen molar-refractivity contribution in [3.05, 3.63) is 90.0 Å². The second-order valence-corrected chi connectivity index (χ2v) is 8.09. The van der Waals surface area contributed by atoms with Gasteiger partial charge in [0.2, 0.25) is 5.89 Å². The van der Waals surface area contributed by atoms with Gasteiger partial charge < -0.3 is 4.42 Å². The fraction of sp³-hybridized carbons (Fsp3) is 0.269. The summed E-state index contributed by atoms with van der Waals surface area (Å²) in [7, 11) is 0. The van der Waals surface area contributed by atoms with Gasteiger partial charge >= 0.3 is 0 Å². The molecule has 0 amide bonds. The molecule has 0 radical (unpaired) electrons. The van der Waals surface area contributed by atoms with Crippen molar-refractivity contribution < 1.29 is 4.42 Å². The molecular formula is C26H26N2O. The summed E-state index contributed by atoms with van der Waals surface area (Å²) in [6.07, 6.45) is 3.79. The van der Waals surface area contributed by atoms with Gasteiger partial charge in [-0.1, -0.05) is 54.6 Å². The molecule has 3 nitrogen and oxygen atoms in total. The summed E-state index contributed by atoms with van der Waals surface area (Å²) in [6, 6.07) is 27.5. The molecule has 0 saturated carbocycles. The third kappa shape index (κ3) is 4.25. The summed E-state index contributed by atoms with van der Waals surface area (Å²) < 4.78 is 5.88. The number of rotatable bonds is 5. The van der Waals surface area contributed by atoms with E-state index in [4.69, 9.17) is 4.42 Å². The zero-order valence-corrected chi connectivity index (χ0v) is 16.6. The maximum absolute atomic E-state index is 5.88. The monoisotopic (exact) mass is 382 g/mol. The molecule has 3 aromatic carbocycles. The van der Waals surface area contributed by atoms with E-state index in [0.29, 0.717) is 5.89 Å². The predicted octanol–water partition coefficient (Wildman–Crippen LogP) is 5.95. The van der Waals surface area contributed by atoms with Gasteiger partial charge in [-0.05, 0) is 73.7 Å². The number of piperidine rings is 1. The highest BCUT2D eigenvalue weighted by molar-refractivity contribution is 5.75. The number of aromatic nitrogens is 1. The molecule has 2 heterocycles. The SMILES string of the molecule is c1ccc(CC2CCN(Cc3ccc(-c4nc5ccccc5o4)cc3)CC2)cc1. The molecule has 0 bridgehead atoms. The quantitative estimate of drug-likeness (QED) is 0.427. The predicted molar refractivity (Wildman–Crippen MR) is 118 cm³/mol. The average Bonchev–Trinajstić information content (AvgIpc) is 3.21. The van der Waals surface area contributed by atoms with Crippen LogP contribution in [-0.2, 0) is 13.0 Å². The second kappa shape index (κ2) is 8.22. The van der Waals surface area contributed by atoms with Crippen LogP contribution in [0.1, 0.15) is 24.0 Å². The molecule has 0 unspecified atom stereocenters. The van der Waals surface area contributed by atoms with Crippen LogP contribution in [0, 0.1) is 5.92 Å². The topological polar surface area (TPSA) is 29.3 Å². The highest BCUT2D eigenvalue weighted by atomic mass is 16.3. The largest absolute Gasteiger partial charge is 0.436 e. The smallest absolute Gasteiger partial charge is 0.227 e. The minimum Gasteiger partial charge on any atom is -0.436 e. The summed E-state index contributed by atoms with van der Waals surface area (Å²) in [5.74, 6) is 1.51. The molecule has 146 valence electrons. The van der Waals surface area contributed by atoms with Crippen molar-refractivity contribution in [2.45, 2.75) is 25.8 Å². The van der Waals surface area contributed by atoms with E-state index < -0.39 is 0 Å². The van der Waals surface area contributed by atoms with Crippen LogP contribution in [0.4, 0.5) is 0 Å². The number of nitrogens with zero attached hydrogens (tertiary/aromatic N) is 2. The first-order valence-corrected chi connectivity index (χ1v) is 10.5. The van der Waals surface area contributed by atoms with Gasteiger partial charge in [0.1, 0.15) is 5.52 Å². The van der Waals surface area contributed by atoms with Crippen LogP contribution in [0.5, 0.6) is 0 Å². The fourth-order valence-corrected chi connectivity index (χ4v) is 4.30. The number of likely N-dealkylation sites (tertiary alicyclic amines) is 1. The molecule has 29 heavy (non-hydrogen) atoms. The van der Waals surface area contributed by atoms with E-state index in [1.165, 1.54) is 43.5 Å². The molecule has 4 aromatic rings. The summed E-state index contributed by atoms with van der Waals surface area (Å²) in [5, 5.41) is 0. The van der Waals surface area contributed by atoms with Crippen molar-refractivity contribution in [3.8, 4) is 11.5 Å². The Morgan fingerprint density at radius 1 is 0.793 bits per heavy atom. The number of hydrogen-bond acceptors (Lipinski definition) is 3. The van der Waals surface area contributed by atoms with Crippen LogP contribution < -0.4 is 0 Å². The third-order valence-electron chi connectivity index (χ3n) is 5.98. The Kier molecular flexibility index (Phi) is 5.14. The Labute approximate surface area is 172 Å². The summed E-state index contributed by atoms with van der Waals surface area (Å²) >= 11 is 0. The van der Waals surface area contributed by atoms with Crippen LogP contribution in [-0.4, -0.2) is 23.0 Å². The lowest BCUT2D eigenvalue weighted by Gasteiger charge is -2.32. The molecule has 1 aliphatic heterocycles. The molecule has 1 aliphatic rings. The van der Waals surface area contributed by atoms with E-state index in [2.05, 4.69) is 64.5 Å². The van der Waals surface area contributed by atoms with Crippen LogP contribution in [0.25, 0.3) is 22.6 Å². The van der Waals surface area contributed by atoms with Gasteiger partial charge in [0, 0.05) is 12.1 Å². The van der Waals surface area contributed by atoms with Gasteiger partial charge in [-0.3, -0.25) is 4.90 Å². The maximum Gasteiger partial charge on any atom is 0.227 e. The molecule has 5 rings (SSSR count). The molecule has 3 heteroatoms. The van der Waals surface area contributed by atoms with Gasteiger partial charge in [0.25, 0.3) is 0 Å². The summed E-state index contributed by atoms with van der Waals surface area (Å²) in [4.78, 5) is 7.17. The Morgan fingerprint density at radius 3 is 2.28 bits per heavy atom. The average molecular weight is 383 g/mol. The lowest BCUT2D eigenvalue weighted by Crippen LogP contribution is -2.33. The zero-order chi connectivity index (χ0) is 19.5. The number of hydrogen-bond donors (Lipinski definition) is 0. The van der Waals surface area contributed by atoms with Crippen molar-refractivity contribution >= 4 is 11.1 Å². The van der Waals surface area contributed by atoms with E-state index in [9.17, 15) is 0 Å². The Morgan fingerprint density at radius 2 is 1.52 bits per heavy atom. The lowest BCUT2D eigenvalue weighted by atomic mass is 9.90. The van der Waals surface area contributed by atoms with Crippen LogP contribution in [0.15, 0.2) is 83.3 Å². The highest BCUT2D eigenvalue weighted by Gasteiger charge is 2.19. The van der Waals surface area contributed by atoms with E-state index in [1.54, 1.807) is 0 Å². The minimum atomic E-state index is 0.694. The first kappa shape index (κ1) is 18.1. The summed E-state index contributed by atoms with van der Waals surface area (Å²) in [6.45, 7) is 3.39. The molecule has 0 aliphatic carbocycles. The van der Waals surface area contributed by atoms with Gasteiger partial charge in [-0.25, -0.2) is 4.98 Å². The number of oxazole rings is 1. The Bertz CT molecular complexity index is 1030. The molecule has 1 saturated heterocycles. The highest BCUT2D eigenvalue weighted by Crippen LogP contribution is 2.26. The van der Waals surface area contributed by atoms with Crippen LogP contribution >= 0.6 is 0 Å². The second-order valence-electron chi connectivity index (χ2n) is 8.09. The van der Waals surface area contributed by atoms with Crippen molar-refractivity contribution in [1.82, 2.24) is 9.88 Å². The number of fused-ring (bicyclic) bond motifs is 1. The van der Waals surface area contributed by atoms with E-state index >= 15 is 0 Å². The van der Waals surface area contributed by atoms with Crippen molar-refractivity contribution in [3.63, 3.8) is 0 Å². The van der Waals surface area contributed by atoms with Crippen molar-refractivity contribution in [2.75, 3.05) is 13.1 Å². The van der Waals surface area contributed by atoms with E-state index in [0.717, 1.165) is 29.1 Å². The molecule has 0 N–H and O–H groups in total. The first-order chi connectivity index (χ1) is 14.3. The molecule has 0 spiro atoms. The molecular weight excluding hydrogens is 356 g/mol. The first-order valence-electron chi connectivity index (χ1n) is 10.5. The van der Waals surface area contributed by atoms with Gasteiger partial charge in [0.15, 0.2) is 5.58 Å². The zero-order valence-electron chi connectivity index (χ0n) is 16.6. The summed E-state index contributed by atoms with van der Waals surface area (Å²) in [5.41, 5.74) is 5.61. The molecule has 1 fully saturated rings. The van der Waals surface area contributed by atoms with Crippen LogP contribution in [0.2, 0.25) is 0 Å². The third-order valence-corrected chi connectivity index (χ3v) is 5.98. The number of para-hydroxylation sites is 2. The van der Waals surface area contributed by atoms with Crippen molar-refractivity contribution in [1.29, 1.82) is 0 Å². The van der Waals surface area contributed by atoms with Gasteiger partial charge in [-0.2, -0.15) is 0 Å². The molecule has 0 atom stereocenters. The number of benzene rings is 3. The van der Waals surface area contributed by atoms with E-state index in [-0.39, 0.29) is 0 Å². The maximum atomic E-state index is 5.88. The van der Waals surface area contributed by atoms with Gasteiger partial charge in [0.05, 0.1) is 0 Å². The standard InChI is InChI=1S/C26H26N2O/c1-2-6-20(7-3-1)18-21-14-16-28(17-15-21)19-22-10-12-23(13-11-22)26-27-24-8-4-5-9-25(24)29-26/h1-13,21H,14-19H2. The fourth-order valence-electron chi connectivity index (χ4n) is 4.30. The Hall–Kier alpha value is -2.91. The Balaban J connectivity index is 1.17. The van der Waals surface area contributed by atoms with E-state index in [1.807, 2.05) is 24.3 Å². The molecule has 1 aromatic heterocycles. The van der Waals surface area contributed by atoms with Crippen LogP contribution in [0.3, 0.4) is 0 Å². The van der Waals surface area contributed by atoms with Crippen molar-refractivity contribution in [2.24, 2.45) is 5.92 Å².